The van der Waals surface area contributed by atoms with E-state index in [1.54, 1.807) is 0 Å². The number of hydrogen-bond donors (Lipinski definition) is 4. The van der Waals surface area contributed by atoms with Crippen LogP contribution in [0.15, 0.2) is 34.5 Å². The number of rotatable bonds is 5. The Morgan fingerprint density at radius 1 is 1.50 bits per heavy atom. The molecule has 2 amide bonds. The van der Waals surface area contributed by atoms with E-state index in [2.05, 4.69) is 22.0 Å². The van der Waals surface area contributed by atoms with Crippen molar-refractivity contribution in [2.24, 2.45) is 5.16 Å². The second-order valence-corrected chi connectivity index (χ2v) is 7.26. The van der Waals surface area contributed by atoms with Crippen LogP contribution in [0.5, 0.6) is 0 Å². The molecule has 1 fully saturated rings. The Balaban J connectivity index is 0.00000196. The van der Waals surface area contributed by atoms with Crippen molar-refractivity contribution in [1.82, 2.24) is 15.2 Å². The Kier molecular flexibility index (Phi) is 8.82. The van der Waals surface area contributed by atoms with Gasteiger partial charge in [0.15, 0.2) is 10.8 Å². The number of thioether (sulfide) groups is 1. The number of β-lactam (4-membered cyclic amide) rings is 1. The fourth-order valence-electron chi connectivity index (χ4n) is 2.62. The Bertz CT molecular complexity index is 885. The van der Waals surface area contributed by atoms with E-state index >= 15 is 0 Å². The standard InChI is InChI=1S/C14H13N5O5S2.K.H2O.H/c1-2-5-3-25-12-8(11(21)19(12)9(5)13(22)23)17-10(20)7(18-24)6-4-26-14(15)16-6;;;/h2,4,8,12,24H,1,3H2,(H2,15,16)(H,17,20)(H,22,23);;1H2;/b18-7-;;;/t8-,12-;;;/m1.../s1. The number of aromatic nitrogens is 1. The number of nitrogens with one attached hydrogen (secondary N) is 1. The molecule has 14 heteroatoms. The molecule has 11 nitrogen and oxygen atoms in total. The molecule has 0 unspecified atom stereocenters. The first kappa shape index (κ1) is 24.8. The number of nitrogens with two attached hydrogens (primary N) is 1. The van der Waals surface area contributed by atoms with E-state index in [0.717, 1.165) is 16.2 Å². The van der Waals surface area contributed by atoms with Crippen molar-refractivity contribution in [2.75, 3.05) is 11.5 Å². The summed E-state index contributed by atoms with van der Waals surface area (Å²) in [5.74, 6) is -2.27. The van der Waals surface area contributed by atoms with Crippen molar-refractivity contribution >= 4 is 103 Å². The predicted octanol–water partition coefficient (Wildman–Crippen LogP) is -1.64. The van der Waals surface area contributed by atoms with Gasteiger partial charge in [-0.25, -0.2) is 9.78 Å². The second kappa shape index (κ2) is 9.97. The summed E-state index contributed by atoms with van der Waals surface area (Å²) in [4.78, 5) is 41.2. The summed E-state index contributed by atoms with van der Waals surface area (Å²) in [6.07, 6.45) is 1.40. The van der Waals surface area contributed by atoms with Gasteiger partial charge in [-0.15, -0.1) is 23.1 Å². The molecule has 3 rings (SSSR count). The summed E-state index contributed by atoms with van der Waals surface area (Å²) in [6, 6.07) is -0.944. The number of amides is 2. The number of anilines is 1. The van der Waals surface area contributed by atoms with Crippen molar-refractivity contribution in [1.29, 1.82) is 0 Å². The maximum atomic E-state index is 12.4. The summed E-state index contributed by atoms with van der Waals surface area (Å²) in [5.41, 5.74) is 5.49. The van der Waals surface area contributed by atoms with Crippen LogP contribution in [0.25, 0.3) is 0 Å². The predicted molar refractivity (Wildman–Crippen MR) is 105 cm³/mol. The quantitative estimate of drug-likeness (QED) is 0.134. The molecule has 1 aromatic heterocycles. The summed E-state index contributed by atoms with van der Waals surface area (Å²) >= 11 is 2.37. The molecule has 3 heterocycles. The molecule has 0 aliphatic carbocycles. The molecule has 2 atom stereocenters. The number of carboxylic acid groups (broad SMARTS) is 1. The zero-order chi connectivity index (χ0) is 19.0. The van der Waals surface area contributed by atoms with Gasteiger partial charge in [-0.1, -0.05) is 17.8 Å². The van der Waals surface area contributed by atoms with E-state index in [1.807, 2.05) is 0 Å². The number of thiazole rings is 1. The molecule has 146 valence electrons. The van der Waals surface area contributed by atoms with Crippen molar-refractivity contribution in [2.45, 2.75) is 11.4 Å². The van der Waals surface area contributed by atoms with E-state index in [4.69, 9.17) is 10.9 Å². The van der Waals surface area contributed by atoms with E-state index in [1.165, 1.54) is 23.2 Å². The average Bonchev–Trinajstić information content (AvgIpc) is 3.04. The normalized spacial score (nSPS) is 20.9. The van der Waals surface area contributed by atoms with Gasteiger partial charge in [0.25, 0.3) is 11.8 Å². The minimum atomic E-state index is -1.24. The Labute approximate surface area is 209 Å². The van der Waals surface area contributed by atoms with E-state index in [0.29, 0.717) is 11.3 Å². The van der Waals surface area contributed by atoms with Crippen molar-refractivity contribution in [3.8, 4) is 0 Å². The van der Waals surface area contributed by atoms with Gasteiger partial charge in [0.1, 0.15) is 22.8 Å². The van der Waals surface area contributed by atoms with Crippen molar-refractivity contribution in [3.05, 3.63) is 35.0 Å². The van der Waals surface area contributed by atoms with Gasteiger partial charge in [0, 0.05) is 11.1 Å². The number of hydrogen-bond acceptors (Lipinski definition) is 9. The molecule has 0 aromatic carbocycles. The average molecular weight is 454 g/mol. The molecule has 1 saturated heterocycles. The van der Waals surface area contributed by atoms with E-state index < -0.39 is 29.2 Å². The number of oxime groups is 1. The number of carboxylic acids is 1. The molecular weight excluding hydrogens is 437 g/mol. The Hall–Kier alpha value is -1.26. The number of aliphatic carboxylic acids is 1. The number of allylic oxidation sites excluding steroid dienone is 1. The molecule has 0 spiro atoms. The zero-order valence-electron chi connectivity index (χ0n) is 13.6. The van der Waals surface area contributed by atoms with Crippen LogP contribution in [-0.4, -0.2) is 118 Å². The fourth-order valence-corrected chi connectivity index (χ4v) is 4.51. The summed E-state index contributed by atoms with van der Waals surface area (Å²) in [7, 11) is 0. The second-order valence-electron chi connectivity index (χ2n) is 5.26. The number of nitrogens with zero attached hydrogens (tertiary/aromatic N) is 3. The topological polar surface area (TPSA) is 190 Å². The van der Waals surface area contributed by atoms with Crippen LogP contribution in [0.2, 0.25) is 0 Å². The van der Waals surface area contributed by atoms with Crippen molar-refractivity contribution in [3.63, 3.8) is 0 Å². The summed E-state index contributed by atoms with van der Waals surface area (Å²) < 4.78 is 0. The molecule has 2 aliphatic heterocycles. The first-order valence-corrected chi connectivity index (χ1v) is 9.09. The third-order valence-electron chi connectivity index (χ3n) is 3.81. The summed E-state index contributed by atoms with van der Waals surface area (Å²) in [5, 5.41) is 24.9. The van der Waals surface area contributed by atoms with E-state index in [-0.39, 0.29) is 79.1 Å². The number of fused-ring (bicyclic) bond motifs is 1. The molecule has 0 saturated carbocycles. The summed E-state index contributed by atoms with van der Waals surface area (Å²) in [6.45, 7) is 3.56. The van der Waals surface area contributed by atoms with Crippen LogP contribution in [-0.2, 0) is 14.4 Å². The van der Waals surface area contributed by atoms with E-state index in [9.17, 15) is 19.5 Å². The van der Waals surface area contributed by atoms with Crippen LogP contribution in [0.4, 0.5) is 5.13 Å². The zero-order valence-corrected chi connectivity index (χ0v) is 15.2. The fraction of sp³-hybridized carbons (Fsp3) is 0.214. The molecule has 7 N–H and O–H groups in total. The van der Waals surface area contributed by atoms with Gasteiger partial charge in [0.05, 0.1) is 0 Å². The Morgan fingerprint density at radius 2 is 2.18 bits per heavy atom. The maximum absolute atomic E-state index is 12.4. The Morgan fingerprint density at radius 3 is 2.68 bits per heavy atom. The molecule has 0 radical (unpaired) electrons. The first-order chi connectivity index (χ1) is 12.4. The number of nitrogen functional groups attached to an aromatic ring is 1. The third kappa shape index (κ3) is 4.33. The van der Waals surface area contributed by atoms with Crippen LogP contribution < -0.4 is 11.1 Å². The van der Waals surface area contributed by atoms with Gasteiger partial charge < -0.3 is 26.8 Å². The molecule has 1 aromatic rings. The SMILES string of the molecule is C=CC1=C(C(=O)O)N2C(=O)[C@@H](NC(=O)/C(=N\O)c3csc(N)n3)[C@H]2SC1.O.[KH]. The van der Waals surface area contributed by atoms with Crippen LogP contribution >= 0.6 is 23.1 Å². The molecule has 0 bridgehead atoms. The van der Waals surface area contributed by atoms with Gasteiger partial charge in [-0.2, -0.15) is 0 Å². The van der Waals surface area contributed by atoms with Gasteiger partial charge in [-0.05, 0) is 5.57 Å². The molecule has 2 aliphatic rings. The number of carbonyl (C=O) groups is 3. The minimum absolute atomic E-state index is 0. The monoisotopic (exact) mass is 453 g/mol. The van der Waals surface area contributed by atoms with Crippen LogP contribution in [0.1, 0.15) is 5.69 Å². The van der Waals surface area contributed by atoms with Gasteiger partial charge in [-0.3, -0.25) is 14.5 Å². The molecule has 28 heavy (non-hydrogen) atoms. The van der Waals surface area contributed by atoms with Gasteiger partial charge >= 0.3 is 57.4 Å². The van der Waals surface area contributed by atoms with Crippen LogP contribution in [0.3, 0.4) is 0 Å². The van der Waals surface area contributed by atoms with Gasteiger partial charge in [0.2, 0.25) is 0 Å². The number of carbonyl (C=O) groups excluding carboxylic acids is 2. The first-order valence-electron chi connectivity index (χ1n) is 7.16. The third-order valence-corrected chi connectivity index (χ3v) is 5.79. The molecular formula is C14H16KN5O6S2. The van der Waals surface area contributed by atoms with Crippen molar-refractivity contribution < 1.29 is 30.2 Å². The van der Waals surface area contributed by atoms with Crippen LogP contribution in [0, 0.1) is 0 Å².